The van der Waals surface area contributed by atoms with Gasteiger partial charge in [-0.3, -0.25) is 4.79 Å². The Labute approximate surface area is 121 Å². The van der Waals surface area contributed by atoms with Gasteiger partial charge >= 0.3 is 0 Å². The summed E-state index contributed by atoms with van der Waals surface area (Å²) in [6.45, 7) is 0.696. The molecule has 0 aromatic heterocycles. The number of carbonyl (C=O) groups is 1. The normalized spacial score (nSPS) is 10.9. The summed E-state index contributed by atoms with van der Waals surface area (Å²) in [7, 11) is 1.52. The summed E-state index contributed by atoms with van der Waals surface area (Å²) < 4.78 is 4.80. The predicted octanol–water partition coefficient (Wildman–Crippen LogP) is 2.66. The molecule has 0 unspecified atom stereocenters. The quantitative estimate of drug-likeness (QED) is 0.516. The maximum atomic E-state index is 11.7. The molecule has 0 aliphatic heterocycles. The Morgan fingerprint density at radius 1 is 1.47 bits per heavy atom. The molecule has 6 heteroatoms. The molecule has 19 heavy (non-hydrogen) atoms. The van der Waals surface area contributed by atoms with Crippen LogP contribution >= 0.6 is 23.2 Å². The van der Waals surface area contributed by atoms with E-state index in [0.717, 1.165) is 0 Å². The molecule has 0 atom stereocenters. The first-order valence-electron chi connectivity index (χ1n) is 5.43. The first-order valence-corrected chi connectivity index (χ1v) is 6.18. The van der Waals surface area contributed by atoms with Crippen molar-refractivity contribution in [3.63, 3.8) is 0 Å². The summed E-state index contributed by atoms with van der Waals surface area (Å²) in [4.78, 5) is 11.7. The second kappa shape index (κ2) is 7.80. The fourth-order valence-corrected chi connectivity index (χ4v) is 1.81. The first-order chi connectivity index (χ1) is 9.10. The van der Waals surface area contributed by atoms with Crippen LogP contribution in [0.5, 0.6) is 0 Å². The minimum atomic E-state index is -0.490. The van der Waals surface area contributed by atoms with E-state index in [1.54, 1.807) is 18.2 Å². The van der Waals surface area contributed by atoms with Gasteiger partial charge in [-0.25, -0.2) is 0 Å². The molecule has 0 aliphatic rings. The zero-order chi connectivity index (χ0) is 14.3. The molecular weight excluding hydrogens is 287 g/mol. The van der Waals surface area contributed by atoms with Gasteiger partial charge in [0, 0.05) is 29.3 Å². The Kier molecular flexibility index (Phi) is 6.37. The molecule has 100 valence electrons. The minimum Gasteiger partial charge on any atom is -0.383 e. The second-order valence-electron chi connectivity index (χ2n) is 3.55. The van der Waals surface area contributed by atoms with Crippen LogP contribution in [0.25, 0.3) is 6.08 Å². The lowest BCUT2D eigenvalue weighted by Crippen LogP contribution is -2.27. The number of nitrogens with zero attached hydrogens (tertiary/aromatic N) is 1. The largest absolute Gasteiger partial charge is 0.383 e. The van der Waals surface area contributed by atoms with Crippen molar-refractivity contribution in [3.05, 3.63) is 39.4 Å². The molecule has 4 nitrogen and oxygen atoms in total. The lowest BCUT2D eigenvalue weighted by atomic mass is 10.1. The Balaban J connectivity index is 2.94. The summed E-state index contributed by atoms with van der Waals surface area (Å²) in [5.41, 5.74) is 0.385. The van der Waals surface area contributed by atoms with E-state index in [0.29, 0.717) is 28.8 Å². The van der Waals surface area contributed by atoms with Gasteiger partial charge in [-0.05, 0) is 18.2 Å². The van der Waals surface area contributed by atoms with Crippen LogP contribution in [0.15, 0.2) is 23.8 Å². The van der Waals surface area contributed by atoms with E-state index in [9.17, 15) is 4.79 Å². The van der Waals surface area contributed by atoms with Crippen LogP contribution < -0.4 is 5.32 Å². The van der Waals surface area contributed by atoms with Gasteiger partial charge in [-0.1, -0.05) is 29.3 Å². The summed E-state index contributed by atoms with van der Waals surface area (Å²) in [6.07, 6.45) is 1.37. The third kappa shape index (κ3) is 4.56. The van der Waals surface area contributed by atoms with Crippen molar-refractivity contribution in [1.29, 1.82) is 5.26 Å². The van der Waals surface area contributed by atoms with Crippen LogP contribution in [-0.4, -0.2) is 26.2 Å². The van der Waals surface area contributed by atoms with E-state index >= 15 is 0 Å². The van der Waals surface area contributed by atoms with Crippen molar-refractivity contribution >= 4 is 35.2 Å². The highest BCUT2D eigenvalue weighted by atomic mass is 35.5. The Morgan fingerprint density at radius 2 is 2.11 bits per heavy atom. The summed E-state index contributed by atoms with van der Waals surface area (Å²) in [5, 5.41) is 12.3. The smallest absolute Gasteiger partial charge is 0.262 e. The Morgan fingerprint density at radius 3 is 2.63 bits per heavy atom. The molecule has 0 bridgehead atoms. The van der Waals surface area contributed by atoms with Gasteiger partial charge in [0.25, 0.3) is 5.91 Å². The lowest BCUT2D eigenvalue weighted by Gasteiger charge is -2.05. The number of hydrogen-bond acceptors (Lipinski definition) is 3. The van der Waals surface area contributed by atoms with Crippen molar-refractivity contribution in [1.82, 2.24) is 5.32 Å². The Bertz CT molecular complexity index is 516. The van der Waals surface area contributed by atoms with Crippen molar-refractivity contribution in [2.75, 3.05) is 20.3 Å². The lowest BCUT2D eigenvalue weighted by molar-refractivity contribution is -0.117. The van der Waals surface area contributed by atoms with E-state index in [2.05, 4.69) is 5.32 Å². The maximum absolute atomic E-state index is 11.7. The van der Waals surface area contributed by atoms with Gasteiger partial charge in [-0.15, -0.1) is 0 Å². The van der Waals surface area contributed by atoms with Crippen LogP contribution in [0, 0.1) is 11.3 Å². The molecular formula is C13H12Cl2N2O2. The number of rotatable bonds is 5. The maximum Gasteiger partial charge on any atom is 0.262 e. The number of amides is 1. The molecule has 1 N–H and O–H groups in total. The fourth-order valence-electron chi connectivity index (χ4n) is 1.30. The molecule has 0 spiro atoms. The van der Waals surface area contributed by atoms with E-state index in [1.807, 2.05) is 6.07 Å². The number of benzene rings is 1. The molecule has 1 rings (SSSR count). The van der Waals surface area contributed by atoms with Gasteiger partial charge in [0.1, 0.15) is 11.6 Å². The molecule has 0 heterocycles. The number of halogens is 2. The van der Waals surface area contributed by atoms with Crippen LogP contribution in [-0.2, 0) is 9.53 Å². The SMILES string of the molecule is COCCNC(=O)/C(C#N)=C/c1c(Cl)cccc1Cl. The highest BCUT2D eigenvalue weighted by molar-refractivity contribution is 6.37. The molecule has 0 fully saturated rings. The topological polar surface area (TPSA) is 62.1 Å². The van der Waals surface area contributed by atoms with Crippen LogP contribution in [0.1, 0.15) is 5.56 Å². The molecule has 1 aromatic carbocycles. The summed E-state index contributed by atoms with van der Waals surface area (Å²) in [6, 6.07) is 6.78. The van der Waals surface area contributed by atoms with Crippen molar-refractivity contribution < 1.29 is 9.53 Å². The standard InChI is InChI=1S/C13H12Cl2N2O2/c1-19-6-5-17-13(18)9(8-16)7-10-11(14)3-2-4-12(10)15/h2-4,7H,5-6H2,1H3,(H,17,18)/b9-7+. The highest BCUT2D eigenvalue weighted by Gasteiger charge is 2.11. The molecule has 0 aliphatic carbocycles. The monoisotopic (exact) mass is 298 g/mol. The minimum absolute atomic E-state index is 0.0638. The number of ether oxygens (including phenoxy) is 1. The third-order valence-electron chi connectivity index (χ3n) is 2.25. The molecule has 1 amide bonds. The van der Waals surface area contributed by atoms with Crippen molar-refractivity contribution in [3.8, 4) is 6.07 Å². The number of methoxy groups -OCH3 is 1. The number of hydrogen-bond donors (Lipinski definition) is 1. The van der Waals surface area contributed by atoms with Crippen LogP contribution in [0.4, 0.5) is 0 Å². The van der Waals surface area contributed by atoms with E-state index < -0.39 is 5.91 Å². The summed E-state index contributed by atoms with van der Waals surface area (Å²) >= 11 is 11.9. The molecule has 0 radical (unpaired) electrons. The van der Waals surface area contributed by atoms with Gasteiger partial charge in [0.15, 0.2) is 0 Å². The van der Waals surface area contributed by atoms with Crippen LogP contribution in [0.3, 0.4) is 0 Å². The number of nitrogens with one attached hydrogen (secondary N) is 1. The fraction of sp³-hybridized carbons (Fsp3) is 0.231. The third-order valence-corrected chi connectivity index (χ3v) is 2.90. The zero-order valence-corrected chi connectivity index (χ0v) is 11.8. The zero-order valence-electron chi connectivity index (χ0n) is 10.2. The molecule has 1 aromatic rings. The average molecular weight is 299 g/mol. The second-order valence-corrected chi connectivity index (χ2v) is 4.37. The highest BCUT2D eigenvalue weighted by Crippen LogP contribution is 2.26. The van der Waals surface area contributed by atoms with Gasteiger partial charge in [0.05, 0.1) is 6.61 Å². The Hall–Kier alpha value is -1.54. The van der Waals surface area contributed by atoms with Gasteiger partial charge in [-0.2, -0.15) is 5.26 Å². The van der Waals surface area contributed by atoms with Gasteiger partial charge in [0.2, 0.25) is 0 Å². The van der Waals surface area contributed by atoms with Crippen molar-refractivity contribution in [2.24, 2.45) is 0 Å². The van der Waals surface area contributed by atoms with Gasteiger partial charge < -0.3 is 10.1 Å². The van der Waals surface area contributed by atoms with E-state index in [-0.39, 0.29) is 5.57 Å². The molecule has 0 saturated carbocycles. The van der Waals surface area contributed by atoms with Crippen molar-refractivity contribution in [2.45, 2.75) is 0 Å². The number of carbonyl (C=O) groups excluding carboxylic acids is 1. The number of nitriles is 1. The first kappa shape index (κ1) is 15.5. The van der Waals surface area contributed by atoms with Crippen LogP contribution in [0.2, 0.25) is 10.0 Å². The predicted molar refractivity (Wildman–Crippen MR) is 74.9 cm³/mol. The van der Waals surface area contributed by atoms with E-state index in [4.69, 9.17) is 33.2 Å². The molecule has 0 saturated heterocycles. The summed E-state index contributed by atoms with van der Waals surface area (Å²) in [5.74, 6) is -0.490. The van der Waals surface area contributed by atoms with E-state index in [1.165, 1.54) is 13.2 Å². The average Bonchev–Trinajstić information content (AvgIpc) is 2.38.